The predicted octanol–water partition coefficient (Wildman–Crippen LogP) is 3.72. The van der Waals surface area contributed by atoms with Gasteiger partial charge in [-0.05, 0) is 43.4 Å². The maximum absolute atomic E-state index is 12.8. The largest absolute Gasteiger partial charge is 0.481 e. The van der Waals surface area contributed by atoms with Gasteiger partial charge in [-0.2, -0.15) is 0 Å². The zero-order chi connectivity index (χ0) is 30.0. The standard InChI is InChI=1S/C31H38O10/c1-22(30(36)40-19-17-38-15-13-24-9-5-3-6-10-24)28(26(29(34)35)21-27(32)33)23(2)31(37)41-20-18-39-16-14-25-11-7-4-8-12-25/h3-12,22-23H,13-21H2,1-2H3,(H,32,33)(H,34,35). The topological polar surface area (TPSA) is 146 Å². The quantitative estimate of drug-likeness (QED) is 0.146. The van der Waals surface area contributed by atoms with Crippen molar-refractivity contribution >= 4 is 23.9 Å². The molecule has 0 radical (unpaired) electrons. The van der Waals surface area contributed by atoms with Crippen LogP contribution in [0.25, 0.3) is 0 Å². The summed E-state index contributed by atoms with van der Waals surface area (Å²) in [7, 11) is 0. The highest BCUT2D eigenvalue weighted by Crippen LogP contribution is 2.28. The molecule has 0 spiro atoms. The number of benzene rings is 2. The Balaban J connectivity index is 1.92. The van der Waals surface area contributed by atoms with E-state index >= 15 is 0 Å². The molecule has 2 aromatic carbocycles. The molecule has 0 bridgehead atoms. The number of ether oxygens (including phenoxy) is 4. The molecule has 2 rings (SSSR count). The van der Waals surface area contributed by atoms with Gasteiger partial charge in [-0.1, -0.05) is 60.7 Å². The summed E-state index contributed by atoms with van der Waals surface area (Å²) in [6, 6.07) is 19.4. The number of carboxylic acids is 2. The van der Waals surface area contributed by atoms with Gasteiger partial charge in [0.15, 0.2) is 0 Å². The number of carbonyl (C=O) groups excluding carboxylic acids is 2. The van der Waals surface area contributed by atoms with Gasteiger partial charge in [0.05, 0.1) is 44.7 Å². The highest BCUT2D eigenvalue weighted by molar-refractivity contribution is 5.96. The Morgan fingerprint density at radius 1 is 0.634 bits per heavy atom. The smallest absolute Gasteiger partial charge is 0.332 e. The third-order valence-electron chi connectivity index (χ3n) is 6.27. The highest BCUT2D eigenvalue weighted by atomic mass is 16.6. The van der Waals surface area contributed by atoms with Crippen molar-refractivity contribution in [1.29, 1.82) is 0 Å². The van der Waals surface area contributed by atoms with Crippen molar-refractivity contribution in [2.24, 2.45) is 11.8 Å². The zero-order valence-corrected chi connectivity index (χ0v) is 23.5. The first kappa shape index (κ1) is 33.2. The van der Waals surface area contributed by atoms with E-state index in [0.717, 1.165) is 11.1 Å². The fourth-order valence-electron chi connectivity index (χ4n) is 4.13. The van der Waals surface area contributed by atoms with E-state index in [0.29, 0.717) is 26.1 Å². The van der Waals surface area contributed by atoms with Crippen molar-refractivity contribution in [3.63, 3.8) is 0 Å². The van der Waals surface area contributed by atoms with Crippen molar-refractivity contribution in [3.05, 3.63) is 82.9 Å². The van der Waals surface area contributed by atoms with Gasteiger partial charge in [-0.15, -0.1) is 0 Å². The summed E-state index contributed by atoms with van der Waals surface area (Å²) in [6.07, 6.45) is 0.491. The Hall–Kier alpha value is -4.02. The molecule has 2 aromatic rings. The van der Waals surface area contributed by atoms with Crippen LogP contribution in [0, 0.1) is 11.8 Å². The van der Waals surface area contributed by atoms with Crippen molar-refractivity contribution in [3.8, 4) is 0 Å². The Bertz CT molecular complexity index is 1070. The first-order valence-corrected chi connectivity index (χ1v) is 13.4. The highest BCUT2D eigenvalue weighted by Gasteiger charge is 2.34. The van der Waals surface area contributed by atoms with Crippen molar-refractivity contribution in [2.75, 3.05) is 39.6 Å². The lowest BCUT2D eigenvalue weighted by atomic mass is 9.84. The van der Waals surface area contributed by atoms with Gasteiger partial charge in [0.25, 0.3) is 0 Å². The minimum atomic E-state index is -1.55. The Morgan fingerprint density at radius 2 is 1.05 bits per heavy atom. The molecule has 2 atom stereocenters. The van der Waals surface area contributed by atoms with E-state index in [9.17, 15) is 29.4 Å². The van der Waals surface area contributed by atoms with Crippen LogP contribution < -0.4 is 0 Å². The zero-order valence-electron chi connectivity index (χ0n) is 23.5. The summed E-state index contributed by atoms with van der Waals surface area (Å²) >= 11 is 0. The summed E-state index contributed by atoms with van der Waals surface area (Å²) in [4.78, 5) is 49.0. The number of rotatable bonds is 19. The third kappa shape index (κ3) is 12.4. The molecule has 0 aliphatic rings. The Kier molecular flexibility index (Phi) is 14.9. The van der Waals surface area contributed by atoms with E-state index in [1.54, 1.807) is 0 Å². The maximum Gasteiger partial charge on any atom is 0.332 e. The third-order valence-corrected chi connectivity index (χ3v) is 6.27. The van der Waals surface area contributed by atoms with Crippen LogP contribution in [0.1, 0.15) is 31.4 Å². The lowest BCUT2D eigenvalue weighted by Gasteiger charge is -2.23. The molecule has 0 amide bonds. The lowest BCUT2D eigenvalue weighted by molar-refractivity contribution is -0.150. The monoisotopic (exact) mass is 570 g/mol. The number of hydrogen-bond donors (Lipinski definition) is 2. The molecule has 2 unspecified atom stereocenters. The second-order valence-corrected chi connectivity index (χ2v) is 9.28. The van der Waals surface area contributed by atoms with E-state index in [1.165, 1.54) is 13.8 Å². The first-order chi connectivity index (χ1) is 19.7. The average Bonchev–Trinajstić information content (AvgIpc) is 2.96. The normalized spacial score (nSPS) is 12.1. The number of hydrogen-bond acceptors (Lipinski definition) is 8. The molecule has 10 heteroatoms. The number of esters is 2. The fraction of sp³-hybridized carbons (Fsp3) is 0.419. The second-order valence-electron chi connectivity index (χ2n) is 9.28. The van der Waals surface area contributed by atoms with Gasteiger partial charge in [0, 0.05) is 5.57 Å². The van der Waals surface area contributed by atoms with Crippen LogP contribution in [0.2, 0.25) is 0 Å². The van der Waals surface area contributed by atoms with Crippen LogP contribution in [0.4, 0.5) is 0 Å². The predicted molar refractivity (Wildman–Crippen MR) is 149 cm³/mol. The summed E-state index contributed by atoms with van der Waals surface area (Å²) in [5, 5.41) is 19.0. The van der Waals surface area contributed by atoms with E-state index in [-0.39, 0.29) is 32.0 Å². The molecule has 0 saturated heterocycles. The molecule has 0 aromatic heterocycles. The van der Waals surface area contributed by atoms with E-state index in [2.05, 4.69) is 0 Å². The van der Waals surface area contributed by atoms with Crippen LogP contribution in [0.3, 0.4) is 0 Å². The van der Waals surface area contributed by atoms with Crippen molar-refractivity contribution in [1.82, 2.24) is 0 Å². The molecule has 0 aliphatic carbocycles. The SMILES string of the molecule is CC(C(=O)OCCOCCc1ccccc1)C(=C(CC(=O)O)C(=O)O)C(C)C(=O)OCCOCCc1ccccc1. The maximum atomic E-state index is 12.8. The molecule has 10 nitrogen and oxygen atoms in total. The summed E-state index contributed by atoms with van der Waals surface area (Å²) in [5.41, 5.74) is 1.47. The van der Waals surface area contributed by atoms with Crippen molar-refractivity contribution in [2.45, 2.75) is 33.1 Å². The molecule has 0 aliphatic heterocycles. The minimum absolute atomic E-state index is 0.0915. The molecule has 222 valence electrons. The van der Waals surface area contributed by atoms with E-state index < -0.39 is 47.7 Å². The van der Waals surface area contributed by atoms with Gasteiger partial charge in [0.2, 0.25) is 0 Å². The molecule has 2 N–H and O–H groups in total. The molecular weight excluding hydrogens is 532 g/mol. The van der Waals surface area contributed by atoms with E-state index in [4.69, 9.17) is 18.9 Å². The molecular formula is C31H38O10. The summed E-state index contributed by atoms with van der Waals surface area (Å²) in [5.74, 6) is -7.00. The van der Waals surface area contributed by atoms with Crippen LogP contribution in [-0.2, 0) is 51.0 Å². The average molecular weight is 571 g/mol. The van der Waals surface area contributed by atoms with Gasteiger partial charge in [-0.25, -0.2) is 4.79 Å². The lowest BCUT2D eigenvalue weighted by Crippen LogP contribution is -2.30. The van der Waals surface area contributed by atoms with Crippen LogP contribution in [0.15, 0.2) is 71.8 Å². The van der Waals surface area contributed by atoms with Gasteiger partial charge >= 0.3 is 23.9 Å². The van der Waals surface area contributed by atoms with Gasteiger partial charge < -0.3 is 29.2 Å². The molecule has 0 heterocycles. The van der Waals surface area contributed by atoms with Crippen molar-refractivity contribution < 1.29 is 48.3 Å². The second kappa shape index (κ2) is 18.4. The number of carboxylic acid groups (broad SMARTS) is 2. The molecule has 0 fully saturated rings. The fourth-order valence-corrected chi connectivity index (χ4v) is 4.13. The molecule has 41 heavy (non-hydrogen) atoms. The van der Waals surface area contributed by atoms with Crippen LogP contribution in [0.5, 0.6) is 0 Å². The number of aliphatic carboxylic acids is 2. The van der Waals surface area contributed by atoms with Crippen LogP contribution >= 0.6 is 0 Å². The van der Waals surface area contributed by atoms with Gasteiger partial charge in [0.1, 0.15) is 13.2 Å². The van der Waals surface area contributed by atoms with Crippen LogP contribution in [-0.4, -0.2) is 73.7 Å². The van der Waals surface area contributed by atoms with Gasteiger partial charge in [-0.3, -0.25) is 14.4 Å². The minimum Gasteiger partial charge on any atom is -0.481 e. The number of carbonyl (C=O) groups is 4. The molecule has 0 saturated carbocycles. The summed E-state index contributed by atoms with van der Waals surface area (Å²) in [6.45, 7) is 3.63. The first-order valence-electron chi connectivity index (χ1n) is 13.4. The Labute approximate surface area is 239 Å². The summed E-state index contributed by atoms with van der Waals surface area (Å²) < 4.78 is 21.5. The van der Waals surface area contributed by atoms with E-state index in [1.807, 2.05) is 60.7 Å². The Morgan fingerprint density at radius 3 is 1.41 bits per heavy atom.